The van der Waals surface area contributed by atoms with E-state index in [1.807, 2.05) is 24.6 Å². The molecule has 0 fully saturated rings. The quantitative estimate of drug-likeness (QED) is 0.899. The van der Waals surface area contributed by atoms with Crippen molar-refractivity contribution < 1.29 is 14.7 Å². The van der Waals surface area contributed by atoms with Gasteiger partial charge < -0.3 is 15.0 Å². The Morgan fingerprint density at radius 2 is 2.05 bits per heavy atom. The van der Waals surface area contributed by atoms with Crippen molar-refractivity contribution in [3.05, 3.63) is 53.3 Å². The summed E-state index contributed by atoms with van der Waals surface area (Å²) < 4.78 is 1.83. The van der Waals surface area contributed by atoms with Crippen molar-refractivity contribution in [1.82, 2.24) is 4.57 Å². The van der Waals surface area contributed by atoms with E-state index in [0.29, 0.717) is 17.9 Å². The minimum atomic E-state index is -1.02. The number of nitrogens with zero attached hydrogens (tertiary/aromatic N) is 1. The van der Waals surface area contributed by atoms with E-state index in [2.05, 4.69) is 5.32 Å². The van der Waals surface area contributed by atoms with E-state index in [1.54, 1.807) is 18.2 Å². The molecule has 0 aliphatic heterocycles. The minimum absolute atomic E-state index is 0.150. The van der Waals surface area contributed by atoms with Crippen LogP contribution in [0.15, 0.2) is 36.5 Å². The Labute approximate surface area is 116 Å². The van der Waals surface area contributed by atoms with Gasteiger partial charge in [0.1, 0.15) is 5.69 Å². The van der Waals surface area contributed by atoms with Crippen molar-refractivity contribution in [2.24, 2.45) is 0 Å². The van der Waals surface area contributed by atoms with Crippen molar-refractivity contribution in [2.75, 3.05) is 5.32 Å². The number of aryl methyl sites for hydroxylation is 2. The van der Waals surface area contributed by atoms with Crippen LogP contribution in [0.25, 0.3) is 0 Å². The van der Waals surface area contributed by atoms with Crippen molar-refractivity contribution in [1.29, 1.82) is 0 Å². The molecule has 0 saturated carbocycles. The van der Waals surface area contributed by atoms with Crippen LogP contribution in [0, 0.1) is 6.92 Å². The molecule has 2 N–H and O–H groups in total. The van der Waals surface area contributed by atoms with Gasteiger partial charge in [0.25, 0.3) is 5.91 Å². The molecule has 0 radical (unpaired) electrons. The molecular weight excluding hydrogens is 256 g/mol. The Morgan fingerprint density at radius 3 is 2.70 bits per heavy atom. The monoisotopic (exact) mass is 272 g/mol. The number of carboxylic acids is 1. The Hall–Kier alpha value is -2.56. The first-order chi connectivity index (χ1) is 9.52. The van der Waals surface area contributed by atoms with Crippen molar-refractivity contribution >= 4 is 17.6 Å². The number of carbonyl (C=O) groups excluding carboxylic acids is 1. The molecule has 104 valence electrons. The fourth-order valence-electron chi connectivity index (χ4n) is 1.97. The molecule has 20 heavy (non-hydrogen) atoms. The molecule has 0 unspecified atom stereocenters. The number of anilines is 1. The first-order valence-electron chi connectivity index (χ1n) is 6.33. The molecule has 1 heterocycles. The highest BCUT2D eigenvalue weighted by Crippen LogP contribution is 2.18. The molecule has 0 saturated heterocycles. The number of nitrogens with one attached hydrogen (secondary N) is 1. The highest BCUT2D eigenvalue weighted by Gasteiger charge is 2.13. The zero-order valence-corrected chi connectivity index (χ0v) is 11.4. The van der Waals surface area contributed by atoms with Crippen LogP contribution in [-0.4, -0.2) is 21.6 Å². The number of amides is 1. The number of benzene rings is 1. The van der Waals surface area contributed by atoms with Gasteiger partial charge in [-0.25, -0.2) is 4.79 Å². The first kappa shape index (κ1) is 13.9. The summed E-state index contributed by atoms with van der Waals surface area (Å²) in [5.41, 5.74) is 2.03. The van der Waals surface area contributed by atoms with E-state index in [0.717, 1.165) is 5.56 Å². The van der Waals surface area contributed by atoms with Gasteiger partial charge in [-0.2, -0.15) is 0 Å². The molecule has 2 rings (SSSR count). The predicted octanol–water partition coefficient (Wildman–Crippen LogP) is 2.77. The zero-order valence-electron chi connectivity index (χ0n) is 11.4. The van der Waals surface area contributed by atoms with Crippen LogP contribution >= 0.6 is 0 Å². The molecule has 5 heteroatoms. The number of rotatable bonds is 4. The van der Waals surface area contributed by atoms with Gasteiger partial charge in [0.2, 0.25) is 0 Å². The third-order valence-corrected chi connectivity index (χ3v) is 3.14. The second-order valence-corrected chi connectivity index (χ2v) is 4.47. The molecule has 0 aliphatic carbocycles. The number of hydrogen-bond donors (Lipinski definition) is 2. The van der Waals surface area contributed by atoms with E-state index in [9.17, 15) is 9.59 Å². The Morgan fingerprint density at radius 1 is 1.30 bits per heavy atom. The summed E-state index contributed by atoms with van der Waals surface area (Å²) in [5, 5.41) is 11.7. The summed E-state index contributed by atoms with van der Waals surface area (Å²) in [4.78, 5) is 23.2. The third kappa shape index (κ3) is 2.71. The summed E-state index contributed by atoms with van der Waals surface area (Å²) in [5.74, 6) is -1.26. The van der Waals surface area contributed by atoms with Crippen LogP contribution in [0.5, 0.6) is 0 Å². The summed E-state index contributed by atoms with van der Waals surface area (Å²) in [6, 6.07) is 8.20. The fourth-order valence-corrected chi connectivity index (χ4v) is 1.97. The summed E-state index contributed by atoms with van der Waals surface area (Å²) >= 11 is 0. The van der Waals surface area contributed by atoms with Gasteiger partial charge in [-0.1, -0.05) is 6.07 Å². The van der Waals surface area contributed by atoms with Gasteiger partial charge in [-0.05, 0) is 43.7 Å². The van der Waals surface area contributed by atoms with Gasteiger partial charge in [-0.15, -0.1) is 0 Å². The van der Waals surface area contributed by atoms with Gasteiger partial charge >= 0.3 is 5.97 Å². The number of aromatic nitrogens is 1. The van der Waals surface area contributed by atoms with Crippen LogP contribution in [-0.2, 0) is 6.54 Å². The smallest absolute Gasteiger partial charge is 0.335 e. The van der Waals surface area contributed by atoms with Crippen LogP contribution in [0.2, 0.25) is 0 Å². The lowest BCUT2D eigenvalue weighted by atomic mass is 10.1. The maximum atomic E-state index is 12.2. The lowest BCUT2D eigenvalue weighted by Crippen LogP contribution is -2.17. The van der Waals surface area contributed by atoms with Gasteiger partial charge in [-0.3, -0.25) is 4.79 Å². The standard InChI is InChI=1S/C15H16N2O3/c1-3-17-8-4-5-13(17)14(18)16-12-9-11(15(19)20)7-6-10(12)2/h4-9H,3H2,1-2H3,(H,16,18)(H,19,20). The van der Waals surface area contributed by atoms with Crippen LogP contribution in [0.3, 0.4) is 0 Å². The Bertz CT molecular complexity index is 659. The fraction of sp³-hybridized carbons (Fsp3) is 0.200. The third-order valence-electron chi connectivity index (χ3n) is 3.14. The highest BCUT2D eigenvalue weighted by atomic mass is 16.4. The molecule has 1 amide bonds. The minimum Gasteiger partial charge on any atom is -0.478 e. The van der Waals surface area contributed by atoms with E-state index in [1.165, 1.54) is 12.1 Å². The topological polar surface area (TPSA) is 71.3 Å². The molecule has 0 atom stereocenters. The van der Waals surface area contributed by atoms with Crippen molar-refractivity contribution in [2.45, 2.75) is 20.4 Å². The number of carbonyl (C=O) groups is 2. The number of carboxylic acid groups (broad SMARTS) is 1. The van der Waals surface area contributed by atoms with Crippen LogP contribution in [0.4, 0.5) is 5.69 Å². The normalized spacial score (nSPS) is 10.3. The summed E-state index contributed by atoms with van der Waals surface area (Å²) in [6.07, 6.45) is 1.83. The average molecular weight is 272 g/mol. The molecule has 0 aliphatic rings. The lowest BCUT2D eigenvalue weighted by Gasteiger charge is -2.10. The predicted molar refractivity (Wildman–Crippen MR) is 76.2 cm³/mol. The van der Waals surface area contributed by atoms with E-state index < -0.39 is 5.97 Å². The van der Waals surface area contributed by atoms with Gasteiger partial charge in [0.15, 0.2) is 0 Å². The molecule has 2 aromatic rings. The maximum Gasteiger partial charge on any atom is 0.335 e. The average Bonchev–Trinajstić information content (AvgIpc) is 2.89. The molecule has 0 bridgehead atoms. The van der Waals surface area contributed by atoms with Gasteiger partial charge in [0, 0.05) is 18.4 Å². The van der Waals surface area contributed by atoms with E-state index in [4.69, 9.17) is 5.11 Å². The van der Waals surface area contributed by atoms with E-state index in [-0.39, 0.29) is 11.5 Å². The molecular formula is C15H16N2O3. The number of hydrogen-bond acceptors (Lipinski definition) is 2. The molecule has 1 aromatic heterocycles. The second kappa shape index (κ2) is 5.61. The van der Waals surface area contributed by atoms with Crippen molar-refractivity contribution in [3.63, 3.8) is 0 Å². The molecule has 5 nitrogen and oxygen atoms in total. The molecule has 0 spiro atoms. The van der Waals surface area contributed by atoms with Crippen LogP contribution in [0.1, 0.15) is 33.3 Å². The van der Waals surface area contributed by atoms with Gasteiger partial charge in [0.05, 0.1) is 5.56 Å². The highest BCUT2D eigenvalue weighted by molar-refractivity contribution is 6.04. The summed E-state index contributed by atoms with van der Waals surface area (Å²) in [7, 11) is 0. The zero-order chi connectivity index (χ0) is 14.7. The van der Waals surface area contributed by atoms with Crippen LogP contribution < -0.4 is 5.32 Å². The van der Waals surface area contributed by atoms with E-state index >= 15 is 0 Å². The maximum absolute atomic E-state index is 12.2. The number of aromatic carboxylic acids is 1. The Kier molecular flexibility index (Phi) is 3.89. The van der Waals surface area contributed by atoms with Crippen molar-refractivity contribution in [3.8, 4) is 0 Å². The largest absolute Gasteiger partial charge is 0.478 e. The SMILES string of the molecule is CCn1cccc1C(=O)Nc1cc(C(=O)O)ccc1C. The Balaban J connectivity index is 2.28. The second-order valence-electron chi connectivity index (χ2n) is 4.47. The summed E-state index contributed by atoms with van der Waals surface area (Å²) in [6.45, 7) is 4.47. The first-order valence-corrected chi connectivity index (χ1v) is 6.33. The lowest BCUT2D eigenvalue weighted by molar-refractivity contribution is 0.0696. The molecule has 1 aromatic carbocycles.